The molecule has 0 bridgehead atoms. The fraction of sp³-hybridized carbons (Fsp3) is 0.250. The minimum atomic E-state index is 0.173. The lowest BCUT2D eigenvalue weighted by Crippen LogP contribution is -2.19. The van der Waals surface area contributed by atoms with E-state index in [0.29, 0.717) is 6.54 Å². The zero-order valence-corrected chi connectivity index (χ0v) is 12.1. The fourth-order valence-electron chi connectivity index (χ4n) is 2.23. The van der Waals surface area contributed by atoms with Gasteiger partial charge in [-0.1, -0.05) is 6.07 Å². The summed E-state index contributed by atoms with van der Waals surface area (Å²) in [6, 6.07) is 10.0. The molecular formula is C16H18N4O. The number of rotatable bonds is 5. The van der Waals surface area contributed by atoms with Gasteiger partial charge in [-0.05, 0) is 38.1 Å². The van der Waals surface area contributed by atoms with Crippen molar-refractivity contribution in [2.75, 3.05) is 0 Å². The van der Waals surface area contributed by atoms with E-state index >= 15 is 0 Å². The largest absolute Gasteiger partial charge is 0.460 e. The third-order valence-electron chi connectivity index (χ3n) is 3.43. The van der Waals surface area contributed by atoms with Gasteiger partial charge < -0.3 is 9.73 Å². The van der Waals surface area contributed by atoms with Gasteiger partial charge in [-0.25, -0.2) is 0 Å². The maximum atomic E-state index is 5.65. The molecule has 0 aliphatic rings. The summed E-state index contributed by atoms with van der Waals surface area (Å²) in [4.78, 5) is 4.36. The Morgan fingerprint density at radius 3 is 2.90 bits per heavy atom. The average Bonchev–Trinajstić information content (AvgIpc) is 3.14. The smallest absolute Gasteiger partial charge is 0.152 e. The molecule has 0 radical (unpaired) electrons. The Bertz CT molecular complexity index is 702. The molecule has 3 aromatic rings. The summed E-state index contributed by atoms with van der Waals surface area (Å²) in [5.41, 5.74) is 3.02. The molecule has 0 aliphatic heterocycles. The van der Waals surface area contributed by atoms with Crippen LogP contribution in [-0.4, -0.2) is 15.2 Å². The minimum absolute atomic E-state index is 0.173. The van der Waals surface area contributed by atoms with E-state index in [1.807, 2.05) is 49.6 Å². The van der Waals surface area contributed by atoms with E-state index in [0.717, 1.165) is 28.5 Å². The quantitative estimate of drug-likeness (QED) is 0.754. The summed E-state index contributed by atoms with van der Waals surface area (Å²) >= 11 is 0. The summed E-state index contributed by atoms with van der Waals surface area (Å²) < 4.78 is 5.65. The number of hydrogen-bond acceptors (Lipinski definition) is 4. The first kappa shape index (κ1) is 13.6. The lowest BCUT2D eigenvalue weighted by molar-refractivity contribution is 0.541. The maximum absolute atomic E-state index is 5.65. The van der Waals surface area contributed by atoms with E-state index in [-0.39, 0.29) is 6.04 Å². The number of H-pyrrole nitrogens is 1. The van der Waals surface area contributed by atoms with Crippen LogP contribution in [0.5, 0.6) is 0 Å². The van der Waals surface area contributed by atoms with E-state index in [9.17, 15) is 0 Å². The van der Waals surface area contributed by atoms with Gasteiger partial charge in [-0.2, -0.15) is 5.10 Å². The van der Waals surface area contributed by atoms with Crippen molar-refractivity contribution >= 4 is 0 Å². The molecule has 3 aromatic heterocycles. The molecule has 3 rings (SSSR count). The predicted molar refractivity (Wildman–Crippen MR) is 80.5 cm³/mol. The van der Waals surface area contributed by atoms with Crippen LogP contribution >= 0.6 is 0 Å². The van der Waals surface area contributed by atoms with Crippen molar-refractivity contribution in [2.45, 2.75) is 26.4 Å². The number of hydrogen-bond donors (Lipinski definition) is 2. The summed E-state index contributed by atoms with van der Waals surface area (Å²) in [6.07, 6.45) is 3.63. The Hall–Kier alpha value is -2.40. The first-order chi connectivity index (χ1) is 10.2. The Morgan fingerprint density at radius 1 is 1.29 bits per heavy atom. The van der Waals surface area contributed by atoms with Crippen LogP contribution in [0.2, 0.25) is 0 Å². The number of pyridine rings is 1. The molecule has 0 amide bonds. The highest BCUT2D eigenvalue weighted by molar-refractivity contribution is 5.56. The summed E-state index contributed by atoms with van der Waals surface area (Å²) in [7, 11) is 0. The van der Waals surface area contributed by atoms with Crippen LogP contribution < -0.4 is 5.32 Å². The Kier molecular flexibility index (Phi) is 3.83. The van der Waals surface area contributed by atoms with Gasteiger partial charge in [-0.3, -0.25) is 10.1 Å². The van der Waals surface area contributed by atoms with Gasteiger partial charge in [0.25, 0.3) is 0 Å². The van der Waals surface area contributed by atoms with Crippen molar-refractivity contribution in [3.05, 3.63) is 59.7 Å². The van der Waals surface area contributed by atoms with Gasteiger partial charge in [0.1, 0.15) is 11.5 Å². The average molecular weight is 282 g/mol. The number of aromatic amines is 1. The number of furan rings is 1. The molecule has 0 saturated carbocycles. The van der Waals surface area contributed by atoms with E-state index in [1.54, 1.807) is 0 Å². The van der Waals surface area contributed by atoms with Crippen molar-refractivity contribution < 1.29 is 4.42 Å². The molecule has 108 valence electrons. The van der Waals surface area contributed by atoms with Crippen molar-refractivity contribution in [1.82, 2.24) is 20.5 Å². The third kappa shape index (κ3) is 3.03. The molecule has 0 aromatic carbocycles. The first-order valence-corrected chi connectivity index (χ1v) is 6.97. The Morgan fingerprint density at radius 2 is 2.19 bits per heavy atom. The molecule has 0 spiro atoms. The summed E-state index contributed by atoms with van der Waals surface area (Å²) in [6.45, 7) is 4.73. The third-order valence-corrected chi connectivity index (χ3v) is 3.43. The Labute approximate surface area is 123 Å². The SMILES string of the molecule is Cc1ccc(-c2[nH]ncc2CN[C@@H](C)c2ccccn2)o1. The molecule has 2 N–H and O–H groups in total. The minimum Gasteiger partial charge on any atom is -0.460 e. The van der Waals surface area contributed by atoms with Crippen LogP contribution in [0.25, 0.3) is 11.5 Å². The van der Waals surface area contributed by atoms with Gasteiger partial charge in [0.15, 0.2) is 5.76 Å². The molecule has 5 heteroatoms. The van der Waals surface area contributed by atoms with E-state index in [4.69, 9.17) is 4.42 Å². The van der Waals surface area contributed by atoms with Crippen LogP contribution in [0.3, 0.4) is 0 Å². The lowest BCUT2D eigenvalue weighted by Gasteiger charge is -2.12. The monoisotopic (exact) mass is 282 g/mol. The molecule has 5 nitrogen and oxygen atoms in total. The molecule has 0 fully saturated rings. The second-order valence-corrected chi connectivity index (χ2v) is 5.04. The summed E-state index contributed by atoms with van der Waals surface area (Å²) in [5.74, 6) is 1.70. The highest BCUT2D eigenvalue weighted by Crippen LogP contribution is 2.23. The van der Waals surface area contributed by atoms with Crippen LogP contribution in [-0.2, 0) is 6.54 Å². The topological polar surface area (TPSA) is 66.7 Å². The number of aromatic nitrogens is 3. The fourth-order valence-corrected chi connectivity index (χ4v) is 2.23. The molecule has 0 saturated heterocycles. The Balaban J connectivity index is 1.71. The second-order valence-electron chi connectivity index (χ2n) is 5.04. The number of aryl methyl sites for hydroxylation is 1. The highest BCUT2D eigenvalue weighted by atomic mass is 16.3. The van der Waals surface area contributed by atoms with E-state index < -0.39 is 0 Å². The van der Waals surface area contributed by atoms with Crippen LogP contribution in [0.15, 0.2) is 47.1 Å². The molecular weight excluding hydrogens is 264 g/mol. The van der Waals surface area contributed by atoms with Crippen molar-refractivity contribution in [2.24, 2.45) is 0 Å². The standard InChI is InChI=1S/C16H18N4O/c1-11-6-7-15(21-11)16-13(10-19-20-16)9-18-12(2)14-5-3-4-8-17-14/h3-8,10,12,18H,9H2,1-2H3,(H,19,20)/t12-/m0/s1. The normalized spacial score (nSPS) is 12.5. The molecule has 1 atom stereocenters. The number of nitrogens with zero attached hydrogens (tertiary/aromatic N) is 2. The van der Waals surface area contributed by atoms with Crippen LogP contribution in [0.4, 0.5) is 0 Å². The maximum Gasteiger partial charge on any atom is 0.152 e. The summed E-state index contributed by atoms with van der Waals surface area (Å²) in [5, 5.41) is 10.6. The van der Waals surface area contributed by atoms with Crippen LogP contribution in [0.1, 0.15) is 30.0 Å². The van der Waals surface area contributed by atoms with E-state index in [2.05, 4.69) is 27.4 Å². The number of nitrogens with one attached hydrogen (secondary N) is 2. The molecule has 21 heavy (non-hydrogen) atoms. The van der Waals surface area contributed by atoms with Crippen LogP contribution in [0, 0.1) is 6.92 Å². The zero-order valence-electron chi connectivity index (χ0n) is 12.1. The van der Waals surface area contributed by atoms with Gasteiger partial charge in [0, 0.05) is 24.3 Å². The first-order valence-electron chi connectivity index (χ1n) is 6.97. The molecule has 0 unspecified atom stereocenters. The van der Waals surface area contributed by atoms with Crippen molar-refractivity contribution in [3.8, 4) is 11.5 Å². The second kappa shape index (κ2) is 5.93. The zero-order chi connectivity index (χ0) is 14.7. The molecule has 3 heterocycles. The van der Waals surface area contributed by atoms with Gasteiger partial charge in [-0.15, -0.1) is 0 Å². The lowest BCUT2D eigenvalue weighted by atomic mass is 10.1. The molecule has 0 aliphatic carbocycles. The highest BCUT2D eigenvalue weighted by Gasteiger charge is 2.12. The van der Waals surface area contributed by atoms with Crippen molar-refractivity contribution in [3.63, 3.8) is 0 Å². The predicted octanol–water partition coefficient (Wildman–Crippen LogP) is 3.22. The van der Waals surface area contributed by atoms with Gasteiger partial charge in [0.05, 0.1) is 11.9 Å². The van der Waals surface area contributed by atoms with E-state index in [1.165, 1.54) is 0 Å². The van der Waals surface area contributed by atoms with Gasteiger partial charge in [0.2, 0.25) is 0 Å². The van der Waals surface area contributed by atoms with Gasteiger partial charge >= 0.3 is 0 Å². The van der Waals surface area contributed by atoms with Crippen molar-refractivity contribution in [1.29, 1.82) is 0 Å².